The van der Waals surface area contributed by atoms with Crippen molar-refractivity contribution in [1.82, 2.24) is 29.7 Å². The minimum atomic E-state index is -0.396. The molecule has 0 radical (unpaired) electrons. The predicted molar refractivity (Wildman–Crippen MR) is 73.3 cm³/mol. The SMILES string of the molecule is Nc1nc(Oc2ccc(F)cc2Br)nc(-n2cncn2)n1. The van der Waals surface area contributed by atoms with Crippen LogP contribution in [0, 0.1) is 5.82 Å². The molecule has 21 heavy (non-hydrogen) atoms. The van der Waals surface area contributed by atoms with E-state index in [9.17, 15) is 4.39 Å². The maximum atomic E-state index is 13.0. The molecule has 0 atom stereocenters. The minimum absolute atomic E-state index is 0.0382. The van der Waals surface area contributed by atoms with E-state index in [1.54, 1.807) is 0 Å². The molecule has 1 aromatic carbocycles. The van der Waals surface area contributed by atoms with Gasteiger partial charge >= 0.3 is 6.01 Å². The standard InChI is InChI=1S/C11H7BrFN7O/c12-7-3-6(13)1-2-8(7)21-11-18-9(14)17-10(19-11)20-5-15-4-16-20/h1-5H,(H2,14,17,18,19). The number of nitrogens with zero attached hydrogens (tertiary/aromatic N) is 6. The van der Waals surface area contributed by atoms with E-state index in [-0.39, 0.29) is 17.9 Å². The molecule has 2 N–H and O–H groups in total. The summed E-state index contributed by atoms with van der Waals surface area (Å²) in [6.07, 6.45) is 2.74. The zero-order chi connectivity index (χ0) is 14.8. The van der Waals surface area contributed by atoms with Gasteiger partial charge in [0.15, 0.2) is 0 Å². The summed E-state index contributed by atoms with van der Waals surface area (Å²) in [6.45, 7) is 0. The van der Waals surface area contributed by atoms with Crippen LogP contribution in [0.15, 0.2) is 35.3 Å². The van der Waals surface area contributed by atoms with E-state index in [0.29, 0.717) is 10.2 Å². The molecule has 106 valence electrons. The molecule has 3 aromatic rings. The van der Waals surface area contributed by atoms with Crippen molar-refractivity contribution in [2.75, 3.05) is 5.73 Å². The first-order valence-electron chi connectivity index (χ1n) is 5.61. The molecule has 8 nitrogen and oxygen atoms in total. The second-order valence-electron chi connectivity index (χ2n) is 3.79. The summed E-state index contributed by atoms with van der Waals surface area (Å²) in [4.78, 5) is 15.6. The molecule has 2 heterocycles. The highest BCUT2D eigenvalue weighted by Gasteiger charge is 2.11. The lowest BCUT2D eigenvalue weighted by Crippen LogP contribution is -2.08. The van der Waals surface area contributed by atoms with Crippen LogP contribution in [0.1, 0.15) is 0 Å². The van der Waals surface area contributed by atoms with Gasteiger partial charge in [0, 0.05) is 0 Å². The molecular weight excluding hydrogens is 345 g/mol. The fourth-order valence-electron chi connectivity index (χ4n) is 1.48. The normalized spacial score (nSPS) is 10.6. The van der Waals surface area contributed by atoms with Gasteiger partial charge in [0.05, 0.1) is 4.47 Å². The lowest BCUT2D eigenvalue weighted by atomic mass is 10.3. The summed E-state index contributed by atoms with van der Waals surface area (Å²) in [7, 11) is 0. The van der Waals surface area contributed by atoms with E-state index in [0.717, 1.165) is 0 Å². The molecule has 0 bridgehead atoms. The van der Waals surface area contributed by atoms with E-state index in [2.05, 4.69) is 41.0 Å². The van der Waals surface area contributed by atoms with E-state index in [4.69, 9.17) is 10.5 Å². The third kappa shape index (κ3) is 2.94. The first-order chi connectivity index (χ1) is 10.1. The molecule has 0 aliphatic heterocycles. The van der Waals surface area contributed by atoms with Crippen molar-refractivity contribution in [3.63, 3.8) is 0 Å². The molecule has 0 amide bonds. The maximum absolute atomic E-state index is 13.0. The number of hydrogen-bond acceptors (Lipinski definition) is 7. The molecule has 0 unspecified atom stereocenters. The molecule has 0 fully saturated rings. The summed E-state index contributed by atoms with van der Waals surface area (Å²) in [5, 5.41) is 3.89. The maximum Gasteiger partial charge on any atom is 0.328 e. The Bertz CT molecular complexity index is 780. The third-order valence-electron chi connectivity index (χ3n) is 2.34. The fraction of sp³-hybridized carbons (Fsp3) is 0. The third-order valence-corrected chi connectivity index (χ3v) is 2.96. The fourth-order valence-corrected chi connectivity index (χ4v) is 1.91. The number of halogens is 2. The topological polar surface area (TPSA) is 105 Å². The second-order valence-corrected chi connectivity index (χ2v) is 4.65. The van der Waals surface area contributed by atoms with Crippen LogP contribution in [-0.2, 0) is 0 Å². The summed E-state index contributed by atoms with van der Waals surface area (Å²) in [5.41, 5.74) is 5.61. The van der Waals surface area contributed by atoms with Gasteiger partial charge in [0.25, 0.3) is 5.95 Å². The zero-order valence-electron chi connectivity index (χ0n) is 10.3. The van der Waals surface area contributed by atoms with Crippen molar-refractivity contribution in [3.8, 4) is 17.7 Å². The molecule has 3 rings (SSSR count). The average molecular weight is 352 g/mol. The Labute approximate surface area is 126 Å². The van der Waals surface area contributed by atoms with E-state index in [1.807, 2.05) is 0 Å². The van der Waals surface area contributed by atoms with Crippen LogP contribution in [0.5, 0.6) is 11.8 Å². The number of benzene rings is 1. The van der Waals surface area contributed by atoms with Crippen molar-refractivity contribution in [2.24, 2.45) is 0 Å². The first kappa shape index (κ1) is 13.4. The van der Waals surface area contributed by atoms with Crippen molar-refractivity contribution in [1.29, 1.82) is 0 Å². The summed E-state index contributed by atoms with van der Waals surface area (Å²) in [6, 6.07) is 3.91. The van der Waals surface area contributed by atoms with Crippen molar-refractivity contribution < 1.29 is 9.13 Å². The molecule has 0 aliphatic carbocycles. The quantitative estimate of drug-likeness (QED) is 0.765. The number of rotatable bonds is 3. The Morgan fingerprint density at radius 2 is 2.10 bits per heavy atom. The Morgan fingerprint density at radius 3 is 2.81 bits per heavy atom. The smallest absolute Gasteiger partial charge is 0.328 e. The molecule has 10 heteroatoms. The van der Waals surface area contributed by atoms with Crippen LogP contribution in [0.25, 0.3) is 5.95 Å². The van der Waals surface area contributed by atoms with Gasteiger partial charge in [0.1, 0.15) is 24.2 Å². The van der Waals surface area contributed by atoms with Crippen molar-refractivity contribution in [2.45, 2.75) is 0 Å². The van der Waals surface area contributed by atoms with Gasteiger partial charge in [0.2, 0.25) is 5.95 Å². The zero-order valence-corrected chi connectivity index (χ0v) is 11.9. The van der Waals surface area contributed by atoms with Crippen LogP contribution >= 0.6 is 15.9 Å². The molecule has 0 spiro atoms. The van der Waals surface area contributed by atoms with Gasteiger partial charge in [-0.3, -0.25) is 0 Å². The number of nitrogen functional groups attached to an aromatic ring is 1. The van der Waals surface area contributed by atoms with Crippen LogP contribution in [0.2, 0.25) is 0 Å². The van der Waals surface area contributed by atoms with Crippen molar-refractivity contribution >= 4 is 21.9 Å². The van der Waals surface area contributed by atoms with Gasteiger partial charge in [-0.05, 0) is 34.1 Å². The first-order valence-corrected chi connectivity index (χ1v) is 6.40. The van der Waals surface area contributed by atoms with E-state index < -0.39 is 5.82 Å². The highest BCUT2D eigenvalue weighted by atomic mass is 79.9. The summed E-state index contributed by atoms with van der Waals surface area (Å²) >= 11 is 3.19. The summed E-state index contributed by atoms with van der Waals surface area (Å²) < 4.78 is 20.2. The number of ether oxygens (including phenoxy) is 1. The lowest BCUT2D eigenvalue weighted by Gasteiger charge is -2.07. The highest BCUT2D eigenvalue weighted by Crippen LogP contribution is 2.28. The number of aromatic nitrogens is 6. The molecule has 0 aliphatic rings. The van der Waals surface area contributed by atoms with E-state index in [1.165, 1.54) is 35.5 Å². The van der Waals surface area contributed by atoms with Crippen LogP contribution in [0.4, 0.5) is 10.3 Å². The van der Waals surface area contributed by atoms with Gasteiger partial charge in [-0.2, -0.15) is 24.7 Å². The lowest BCUT2D eigenvalue weighted by molar-refractivity contribution is 0.434. The van der Waals surface area contributed by atoms with Gasteiger partial charge < -0.3 is 10.5 Å². The number of anilines is 1. The Kier molecular flexibility index (Phi) is 3.44. The average Bonchev–Trinajstić information content (AvgIpc) is 2.95. The minimum Gasteiger partial charge on any atom is -0.423 e. The van der Waals surface area contributed by atoms with Crippen LogP contribution < -0.4 is 10.5 Å². The van der Waals surface area contributed by atoms with Crippen LogP contribution in [-0.4, -0.2) is 29.7 Å². The Hall–Kier alpha value is -2.62. The molecule has 2 aromatic heterocycles. The molecular formula is C11H7BrFN7O. The van der Waals surface area contributed by atoms with Gasteiger partial charge in [-0.25, -0.2) is 9.37 Å². The Balaban J connectivity index is 1.95. The number of nitrogens with two attached hydrogens (primary N) is 1. The Morgan fingerprint density at radius 1 is 1.24 bits per heavy atom. The monoisotopic (exact) mass is 351 g/mol. The second kappa shape index (κ2) is 5.40. The molecule has 0 saturated heterocycles. The van der Waals surface area contributed by atoms with E-state index >= 15 is 0 Å². The van der Waals surface area contributed by atoms with Crippen molar-refractivity contribution in [3.05, 3.63) is 41.1 Å². The predicted octanol–water partition coefficient (Wildman–Crippen LogP) is 1.73. The number of hydrogen-bond donors (Lipinski definition) is 1. The summed E-state index contributed by atoms with van der Waals surface area (Å²) in [5.74, 6) is 0.0659. The highest BCUT2D eigenvalue weighted by molar-refractivity contribution is 9.10. The van der Waals surface area contributed by atoms with Gasteiger partial charge in [-0.1, -0.05) is 0 Å². The molecule has 0 saturated carbocycles. The van der Waals surface area contributed by atoms with Gasteiger partial charge in [-0.15, -0.1) is 0 Å². The largest absolute Gasteiger partial charge is 0.423 e. The van der Waals surface area contributed by atoms with Crippen LogP contribution in [0.3, 0.4) is 0 Å².